The van der Waals surface area contributed by atoms with Gasteiger partial charge in [-0.25, -0.2) is 0 Å². The largest absolute Gasteiger partial charge is 0.460 e. The molecule has 1 heterocycles. The Kier molecular flexibility index (Phi) is 4.73. The molecule has 110 valence electrons. The number of hydrogen-bond acceptors (Lipinski definition) is 3. The number of pyridine rings is 1. The third kappa shape index (κ3) is 4.71. The first-order valence-electron chi connectivity index (χ1n) is 7.12. The molecule has 0 fully saturated rings. The van der Waals surface area contributed by atoms with Gasteiger partial charge in [0.2, 0.25) is 0 Å². The van der Waals surface area contributed by atoms with E-state index in [2.05, 4.69) is 4.98 Å². The number of aromatic nitrogens is 1. The van der Waals surface area contributed by atoms with Crippen LogP contribution >= 0.6 is 0 Å². The predicted octanol–water partition coefficient (Wildman–Crippen LogP) is 3.95. The van der Waals surface area contributed by atoms with Gasteiger partial charge in [-0.15, -0.1) is 0 Å². The second-order valence-electron chi connectivity index (χ2n) is 6.04. The molecule has 2 aromatic rings. The number of hydrogen-bond donors (Lipinski definition) is 0. The number of carbonyl (C=O) groups is 1. The van der Waals surface area contributed by atoms with Crippen molar-refractivity contribution in [2.75, 3.05) is 0 Å². The van der Waals surface area contributed by atoms with E-state index in [1.165, 1.54) is 0 Å². The molecule has 3 nitrogen and oxygen atoms in total. The summed E-state index contributed by atoms with van der Waals surface area (Å²) in [6.07, 6.45) is 3.86. The van der Waals surface area contributed by atoms with E-state index in [1.807, 2.05) is 69.4 Å². The molecule has 0 N–H and O–H groups in total. The molecule has 0 bridgehead atoms. The van der Waals surface area contributed by atoms with Crippen LogP contribution in [0.25, 0.3) is 0 Å². The van der Waals surface area contributed by atoms with Crippen molar-refractivity contribution in [2.24, 2.45) is 0 Å². The first-order chi connectivity index (χ1) is 9.96. The Hall–Kier alpha value is -2.16. The summed E-state index contributed by atoms with van der Waals surface area (Å²) in [5.74, 6) is -0.227. The molecule has 3 heteroatoms. The van der Waals surface area contributed by atoms with Crippen LogP contribution in [0.4, 0.5) is 0 Å². The Morgan fingerprint density at radius 2 is 1.76 bits per heavy atom. The van der Waals surface area contributed by atoms with Crippen LogP contribution in [0.5, 0.6) is 0 Å². The predicted molar refractivity (Wildman–Crippen MR) is 83.0 cm³/mol. The quantitative estimate of drug-likeness (QED) is 0.798. The van der Waals surface area contributed by atoms with Crippen molar-refractivity contribution in [1.82, 2.24) is 4.98 Å². The van der Waals surface area contributed by atoms with E-state index in [0.717, 1.165) is 11.1 Å². The van der Waals surface area contributed by atoms with Crippen molar-refractivity contribution in [3.05, 3.63) is 66.0 Å². The van der Waals surface area contributed by atoms with Gasteiger partial charge in [-0.05, 0) is 38.0 Å². The summed E-state index contributed by atoms with van der Waals surface area (Å²) < 4.78 is 5.45. The standard InChI is InChI=1S/C18H21NO2/c1-18(2,3)21-17(20)12-16(14-8-5-4-6-9-14)15-10-7-11-19-13-15/h4-11,13,16H,12H2,1-3H3. The van der Waals surface area contributed by atoms with Gasteiger partial charge >= 0.3 is 5.97 Å². The van der Waals surface area contributed by atoms with Crippen LogP contribution in [0.2, 0.25) is 0 Å². The van der Waals surface area contributed by atoms with E-state index in [-0.39, 0.29) is 11.9 Å². The maximum absolute atomic E-state index is 12.2. The van der Waals surface area contributed by atoms with E-state index in [0.29, 0.717) is 6.42 Å². The molecule has 0 amide bonds. The molecule has 1 atom stereocenters. The van der Waals surface area contributed by atoms with Crippen LogP contribution in [-0.4, -0.2) is 16.6 Å². The lowest BCUT2D eigenvalue weighted by Gasteiger charge is -2.22. The normalized spacial score (nSPS) is 12.7. The molecule has 2 rings (SSSR count). The summed E-state index contributed by atoms with van der Waals surface area (Å²) in [5.41, 5.74) is 1.65. The Labute approximate surface area is 126 Å². The zero-order valence-corrected chi connectivity index (χ0v) is 12.7. The highest BCUT2D eigenvalue weighted by molar-refractivity contribution is 5.72. The molecule has 0 aliphatic carbocycles. The number of benzene rings is 1. The summed E-state index contributed by atoms with van der Waals surface area (Å²) in [6, 6.07) is 13.9. The van der Waals surface area contributed by atoms with E-state index < -0.39 is 5.60 Å². The van der Waals surface area contributed by atoms with Crippen LogP contribution in [0.15, 0.2) is 54.9 Å². The van der Waals surface area contributed by atoms with Gasteiger partial charge in [0.25, 0.3) is 0 Å². The molecule has 0 saturated heterocycles. The van der Waals surface area contributed by atoms with Gasteiger partial charge < -0.3 is 4.74 Å². The maximum Gasteiger partial charge on any atom is 0.307 e. The average molecular weight is 283 g/mol. The lowest BCUT2D eigenvalue weighted by Crippen LogP contribution is -2.25. The molecule has 0 radical (unpaired) electrons. The topological polar surface area (TPSA) is 39.2 Å². The zero-order chi connectivity index (χ0) is 15.3. The first kappa shape index (κ1) is 15.2. The van der Waals surface area contributed by atoms with Gasteiger partial charge in [0, 0.05) is 18.3 Å². The molecule has 0 spiro atoms. The van der Waals surface area contributed by atoms with Crippen molar-refractivity contribution in [3.8, 4) is 0 Å². The number of nitrogens with zero attached hydrogens (tertiary/aromatic N) is 1. The molecule has 0 saturated carbocycles. The van der Waals surface area contributed by atoms with Crippen molar-refractivity contribution >= 4 is 5.97 Å². The number of esters is 1. The van der Waals surface area contributed by atoms with Crippen LogP contribution in [0, 0.1) is 0 Å². The number of rotatable bonds is 4. The van der Waals surface area contributed by atoms with Gasteiger partial charge in [0.05, 0.1) is 6.42 Å². The van der Waals surface area contributed by atoms with E-state index in [1.54, 1.807) is 6.20 Å². The minimum atomic E-state index is -0.465. The van der Waals surface area contributed by atoms with Crippen molar-refractivity contribution < 1.29 is 9.53 Å². The van der Waals surface area contributed by atoms with Gasteiger partial charge in [0.1, 0.15) is 5.60 Å². The summed E-state index contributed by atoms with van der Waals surface area (Å²) in [4.78, 5) is 16.3. The third-order valence-corrected chi connectivity index (χ3v) is 3.08. The highest BCUT2D eigenvalue weighted by Gasteiger charge is 2.22. The highest BCUT2D eigenvalue weighted by Crippen LogP contribution is 2.28. The van der Waals surface area contributed by atoms with Crippen molar-refractivity contribution in [1.29, 1.82) is 0 Å². The highest BCUT2D eigenvalue weighted by atomic mass is 16.6. The first-order valence-corrected chi connectivity index (χ1v) is 7.12. The van der Waals surface area contributed by atoms with E-state index in [4.69, 9.17) is 4.74 Å². The molecule has 1 aromatic carbocycles. The number of carbonyl (C=O) groups excluding carboxylic acids is 1. The van der Waals surface area contributed by atoms with Crippen LogP contribution in [0.1, 0.15) is 44.2 Å². The Morgan fingerprint density at radius 3 is 2.33 bits per heavy atom. The van der Waals surface area contributed by atoms with Crippen molar-refractivity contribution in [2.45, 2.75) is 38.7 Å². The maximum atomic E-state index is 12.2. The van der Waals surface area contributed by atoms with Crippen LogP contribution in [0.3, 0.4) is 0 Å². The summed E-state index contributed by atoms with van der Waals surface area (Å²) in [5, 5.41) is 0. The monoisotopic (exact) mass is 283 g/mol. The fraction of sp³-hybridized carbons (Fsp3) is 0.333. The number of ether oxygens (including phenoxy) is 1. The zero-order valence-electron chi connectivity index (χ0n) is 12.7. The van der Waals surface area contributed by atoms with Crippen molar-refractivity contribution in [3.63, 3.8) is 0 Å². The van der Waals surface area contributed by atoms with Crippen LogP contribution in [-0.2, 0) is 9.53 Å². The summed E-state index contributed by atoms with van der Waals surface area (Å²) in [6.45, 7) is 5.64. The van der Waals surface area contributed by atoms with Gasteiger partial charge in [-0.1, -0.05) is 36.4 Å². The van der Waals surface area contributed by atoms with Crippen LogP contribution < -0.4 is 0 Å². The molecular formula is C18H21NO2. The summed E-state index contributed by atoms with van der Waals surface area (Å²) in [7, 11) is 0. The SMILES string of the molecule is CC(C)(C)OC(=O)CC(c1ccccc1)c1cccnc1. The Bertz CT molecular complexity index is 534. The minimum Gasteiger partial charge on any atom is -0.460 e. The van der Waals surface area contributed by atoms with Gasteiger partial charge in [0.15, 0.2) is 0 Å². The van der Waals surface area contributed by atoms with E-state index in [9.17, 15) is 4.79 Å². The molecule has 21 heavy (non-hydrogen) atoms. The van der Waals surface area contributed by atoms with Gasteiger partial charge in [-0.3, -0.25) is 9.78 Å². The lowest BCUT2D eigenvalue weighted by atomic mass is 9.89. The second-order valence-corrected chi connectivity index (χ2v) is 6.04. The second kappa shape index (κ2) is 6.53. The van der Waals surface area contributed by atoms with E-state index >= 15 is 0 Å². The lowest BCUT2D eigenvalue weighted by molar-refractivity contribution is -0.155. The molecule has 0 aliphatic rings. The molecular weight excluding hydrogens is 262 g/mol. The fourth-order valence-corrected chi connectivity index (χ4v) is 2.25. The summed E-state index contributed by atoms with van der Waals surface area (Å²) >= 11 is 0. The fourth-order valence-electron chi connectivity index (χ4n) is 2.25. The average Bonchev–Trinajstić information content (AvgIpc) is 2.45. The Morgan fingerprint density at radius 1 is 1.10 bits per heavy atom. The third-order valence-electron chi connectivity index (χ3n) is 3.08. The molecule has 1 unspecified atom stereocenters. The Balaban J connectivity index is 2.24. The molecule has 0 aliphatic heterocycles. The van der Waals surface area contributed by atoms with Gasteiger partial charge in [-0.2, -0.15) is 0 Å². The minimum absolute atomic E-state index is 0.0326. The smallest absolute Gasteiger partial charge is 0.307 e. The molecule has 1 aromatic heterocycles.